The first-order valence-corrected chi connectivity index (χ1v) is 16.5. The highest BCUT2D eigenvalue weighted by molar-refractivity contribution is 7.92. The Balaban J connectivity index is 1.86. The highest BCUT2D eigenvalue weighted by Crippen LogP contribution is 2.35. The van der Waals surface area contributed by atoms with Crippen molar-refractivity contribution in [2.45, 2.75) is 43.8 Å². The minimum Gasteiger partial charge on any atom is -0.497 e. The van der Waals surface area contributed by atoms with E-state index >= 15 is 0 Å². The number of anilines is 1. The molecule has 0 aliphatic carbocycles. The third-order valence-corrected chi connectivity index (χ3v) is 9.22. The van der Waals surface area contributed by atoms with Crippen LogP contribution in [0.2, 0.25) is 5.02 Å². The van der Waals surface area contributed by atoms with Gasteiger partial charge in [-0.3, -0.25) is 13.9 Å². The number of carbonyl (C=O) groups is 2. The standard InChI is InChI=1S/C35H38ClN3O6S/c1-25(2)37-35(41)32(21-26-12-7-5-8-13-26)38(23-27-14-11-15-29(20-27)44-3)34(40)24-39(31-22-28(36)18-19-33(31)45-4)46(42,43)30-16-9-6-10-17-30/h5-20,22,25,32H,21,23-24H2,1-4H3,(H,37,41)/t32-/m0/s1. The first kappa shape index (κ1) is 34.3. The second-order valence-corrected chi connectivity index (χ2v) is 13.2. The molecule has 0 heterocycles. The van der Waals surface area contributed by atoms with Crippen LogP contribution in [0.3, 0.4) is 0 Å². The summed E-state index contributed by atoms with van der Waals surface area (Å²) < 4.78 is 40.3. The lowest BCUT2D eigenvalue weighted by Gasteiger charge is -2.34. The number of halogens is 1. The maximum atomic E-state index is 14.6. The Morgan fingerprint density at radius 3 is 2.11 bits per heavy atom. The van der Waals surface area contributed by atoms with Crippen LogP contribution in [0.1, 0.15) is 25.0 Å². The van der Waals surface area contributed by atoms with Gasteiger partial charge in [-0.25, -0.2) is 8.42 Å². The monoisotopic (exact) mass is 663 g/mol. The van der Waals surface area contributed by atoms with Gasteiger partial charge >= 0.3 is 0 Å². The third-order valence-electron chi connectivity index (χ3n) is 7.21. The van der Waals surface area contributed by atoms with Crippen molar-refractivity contribution >= 4 is 39.1 Å². The molecular formula is C35H38ClN3O6S. The van der Waals surface area contributed by atoms with Gasteiger partial charge in [0.05, 0.1) is 24.8 Å². The molecule has 0 radical (unpaired) electrons. The first-order valence-electron chi connectivity index (χ1n) is 14.7. The van der Waals surface area contributed by atoms with Crippen LogP contribution >= 0.6 is 11.6 Å². The van der Waals surface area contributed by atoms with Crippen LogP contribution in [0.5, 0.6) is 11.5 Å². The highest BCUT2D eigenvalue weighted by Gasteiger charge is 2.36. The van der Waals surface area contributed by atoms with Gasteiger partial charge in [-0.1, -0.05) is 72.3 Å². The molecule has 4 rings (SSSR count). The van der Waals surface area contributed by atoms with Gasteiger partial charge in [0.1, 0.15) is 24.1 Å². The number of nitrogens with zero attached hydrogens (tertiary/aromatic N) is 2. The van der Waals surface area contributed by atoms with E-state index in [1.54, 1.807) is 49.6 Å². The van der Waals surface area contributed by atoms with E-state index in [1.165, 1.54) is 36.3 Å². The summed E-state index contributed by atoms with van der Waals surface area (Å²) in [6.07, 6.45) is 0.195. The number of ether oxygens (including phenoxy) is 2. The number of sulfonamides is 1. The summed E-state index contributed by atoms with van der Waals surface area (Å²) >= 11 is 6.34. The van der Waals surface area contributed by atoms with Crippen LogP contribution in [0.15, 0.2) is 108 Å². The van der Waals surface area contributed by atoms with E-state index in [0.29, 0.717) is 11.3 Å². The largest absolute Gasteiger partial charge is 0.497 e. The maximum Gasteiger partial charge on any atom is 0.264 e. The van der Waals surface area contributed by atoms with E-state index in [-0.39, 0.29) is 46.3 Å². The van der Waals surface area contributed by atoms with Crippen LogP contribution in [0.25, 0.3) is 0 Å². The number of rotatable bonds is 14. The van der Waals surface area contributed by atoms with E-state index in [0.717, 1.165) is 9.87 Å². The average Bonchev–Trinajstić information content (AvgIpc) is 3.05. The lowest BCUT2D eigenvalue weighted by Crippen LogP contribution is -2.54. The van der Waals surface area contributed by atoms with E-state index < -0.39 is 28.5 Å². The van der Waals surface area contributed by atoms with Gasteiger partial charge in [-0.15, -0.1) is 0 Å². The van der Waals surface area contributed by atoms with Gasteiger partial charge in [0.2, 0.25) is 11.8 Å². The van der Waals surface area contributed by atoms with Crippen molar-refractivity contribution in [2.24, 2.45) is 0 Å². The maximum absolute atomic E-state index is 14.6. The molecule has 11 heteroatoms. The molecule has 0 saturated heterocycles. The van der Waals surface area contributed by atoms with Crippen molar-refractivity contribution in [3.8, 4) is 11.5 Å². The summed E-state index contributed by atoms with van der Waals surface area (Å²) in [6.45, 7) is 3.04. The molecule has 9 nitrogen and oxygen atoms in total. The van der Waals surface area contributed by atoms with Crippen molar-refractivity contribution in [1.29, 1.82) is 0 Å². The number of benzene rings is 4. The molecule has 0 fully saturated rings. The second-order valence-electron chi connectivity index (χ2n) is 10.9. The molecule has 0 spiro atoms. The average molecular weight is 664 g/mol. The zero-order chi connectivity index (χ0) is 33.3. The predicted octanol–water partition coefficient (Wildman–Crippen LogP) is 5.72. The first-order chi connectivity index (χ1) is 22.0. The Morgan fingerprint density at radius 2 is 1.48 bits per heavy atom. The summed E-state index contributed by atoms with van der Waals surface area (Å²) in [5.41, 5.74) is 1.61. The molecule has 0 bridgehead atoms. The Labute approximate surface area is 275 Å². The molecule has 242 valence electrons. The normalized spacial score (nSPS) is 11.9. The van der Waals surface area contributed by atoms with Crippen LogP contribution < -0.4 is 19.1 Å². The zero-order valence-corrected chi connectivity index (χ0v) is 27.8. The predicted molar refractivity (Wildman–Crippen MR) is 180 cm³/mol. The molecule has 0 aromatic heterocycles. The van der Waals surface area contributed by atoms with Gasteiger partial charge in [-0.05, 0) is 67.4 Å². The molecule has 0 aliphatic heterocycles. The summed E-state index contributed by atoms with van der Waals surface area (Å²) in [7, 11) is -1.36. The Bertz CT molecular complexity index is 1740. The van der Waals surface area contributed by atoms with Gasteiger partial charge in [0, 0.05) is 24.0 Å². The number of nitrogens with one attached hydrogen (secondary N) is 1. The Morgan fingerprint density at radius 1 is 0.826 bits per heavy atom. The lowest BCUT2D eigenvalue weighted by atomic mass is 10.0. The second kappa shape index (κ2) is 15.6. The van der Waals surface area contributed by atoms with Crippen molar-refractivity contribution in [1.82, 2.24) is 10.2 Å². The smallest absolute Gasteiger partial charge is 0.264 e. The zero-order valence-electron chi connectivity index (χ0n) is 26.2. The van der Waals surface area contributed by atoms with Crippen molar-refractivity contribution in [3.05, 3.63) is 119 Å². The van der Waals surface area contributed by atoms with Crippen LogP contribution in [0, 0.1) is 0 Å². The fourth-order valence-corrected chi connectivity index (χ4v) is 6.60. The van der Waals surface area contributed by atoms with E-state index in [2.05, 4.69) is 5.32 Å². The van der Waals surface area contributed by atoms with Gasteiger partial charge < -0.3 is 19.7 Å². The Hall–Kier alpha value is -4.54. The number of hydrogen-bond donors (Lipinski definition) is 1. The summed E-state index contributed by atoms with van der Waals surface area (Å²) in [5, 5.41) is 3.20. The Kier molecular flexibility index (Phi) is 11.7. The molecule has 0 aliphatic rings. The van der Waals surface area contributed by atoms with E-state index in [1.807, 2.05) is 50.2 Å². The van der Waals surface area contributed by atoms with Gasteiger partial charge in [0.25, 0.3) is 10.0 Å². The topological polar surface area (TPSA) is 105 Å². The van der Waals surface area contributed by atoms with Crippen LogP contribution in [-0.2, 0) is 32.6 Å². The highest BCUT2D eigenvalue weighted by atomic mass is 35.5. The third kappa shape index (κ3) is 8.58. The van der Waals surface area contributed by atoms with E-state index in [4.69, 9.17) is 21.1 Å². The van der Waals surface area contributed by atoms with Crippen molar-refractivity contribution in [2.75, 3.05) is 25.1 Å². The minimum atomic E-state index is -4.31. The van der Waals surface area contributed by atoms with Gasteiger partial charge in [-0.2, -0.15) is 0 Å². The summed E-state index contributed by atoms with van der Waals surface area (Å²) in [5.74, 6) is -0.195. The number of hydrogen-bond acceptors (Lipinski definition) is 6. The molecule has 2 amide bonds. The van der Waals surface area contributed by atoms with Crippen LogP contribution in [0.4, 0.5) is 5.69 Å². The molecule has 46 heavy (non-hydrogen) atoms. The molecule has 4 aromatic carbocycles. The lowest BCUT2D eigenvalue weighted by molar-refractivity contribution is -0.140. The fourth-order valence-electron chi connectivity index (χ4n) is 4.99. The SMILES string of the molecule is COc1cccc(CN(C(=O)CN(c2cc(Cl)ccc2OC)S(=O)(=O)c2ccccc2)[C@@H](Cc2ccccc2)C(=O)NC(C)C)c1. The molecule has 4 aromatic rings. The fraction of sp³-hybridized carbons (Fsp3) is 0.257. The number of amides is 2. The molecule has 0 unspecified atom stereocenters. The quantitative estimate of drug-likeness (QED) is 0.185. The molecule has 1 N–H and O–H groups in total. The minimum absolute atomic E-state index is 0.00491. The summed E-state index contributed by atoms with van der Waals surface area (Å²) in [6, 6.07) is 27.7. The van der Waals surface area contributed by atoms with Crippen molar-refractivity contribution < 1.29 is 27.5 Å². The van der Waals surface area contributed by atoms with Crippen molar-refractivity contribution in [3.63, 3.8) is 0 Å². The van der Waals surface area contributed by atoms with Gasteiger partial charge in [0.15, 0.2) is 0 Å². The van der Waals surface area contributed by atoms with Crippen LogP contribution in [-0.4, -0.2) is 58.0 Å². The molecule has 1 atom stereocenters. The molecular weight excluding hydrogens is 626 g/mol. The number of carbonyl (C=O) groups excluding carboxylic acids is 2. The molecule has 0 saturated carbocycles. The number of methoxy groups -OCH3 is 2. The summed E-state index contributed by atoms with van der Waals surface area (Å²) in [4.78, 5) is 29.8. The van der Waals surface area contributed by atoms with E-state index in [9.17, 15) is 18.0 Å².